The first-order valence-corrected chi connectivity index (χ1v) is 6.46. The van der Waals surface area contributed by atoms with Crippen molar-refractivity contribution in [2.75, 3.05) is 0 Å². The van der Waals surface area contributed by atoms with Crippen molar-refractivity contribution >= 4 is 16.9 Å². The molecule has 0 aliphatic carbocycles. The highest BCUT2D eigenvalue weighted by molar-refractivity contribution is 5.97. The zero-order valence-electron chi connectivity index (χ0n) is 10.7. The highest BCUT2D eigenvalue weighted by atomic mass is 16.2. The first-order chi connectivity index (χ1) is 9.81. The molecule has 1 aliphatic rings. The summed E-state index contributed by atoms with van der Waals surface area (Å²) < 4.78 is 0. The number of nitrogens with one attached hydrogen (secondary N) is 1. The van der Waals surface area contributed by atoms with E-state index in [1.807, 2.05) is 35.2 Å². The van der Waals surface area contributed by atoms with Crippen LogP contribution in [0.4, 0.5) is 0 Å². The summed E-state index contributed by atoms with van der Waals surface area (Å²) in [4.78, 5) is 25.9. The lowest BCUT2D eigenvalue weighted by atomic mass is 10.2. The molecule has 0 unspecified atom stereocenters. The van der Waals surface area contributed by atoms with Gasteiger partial charge in [0.05, 0.1) is 29.6 Å². The minimum Gasteiger partial charge on any atom is -0.345 e. The molecule has 0 saturated carbocycles. The molecule has 0 bridgehead atoms. The highest BCUT2D eigenvalue weighted by Crippen LogP contribution is 2.23. The van der Waals surface area contributed by atoms with Gasteiger partial charge in [-0.2, -0.15) is 0 Å². The fraction of sp³-hybridized carbons (Fsp3) is 0.133. The van der Waals surface area contributed by atoms with Gasteiger partial charge < -0.3 is 9.88 Å². The van der Waals surface area contributed by atoms with E-state index in [-0.39, 0.29) is 5.91 Å². The predicted octanol–water partition coefficient (Wildman–Crippen LogP) is 2.11. The molecular formula is C15H12N4O. The van der Waals surface area contributed by atoms with Crippen molar-refractivity contribution in [1.82, 2.24) is 19.9 Å². The number of H-pyrrole nitrogens is 1. The van der Waals surface area contributed by atoms with Crippen molar-refractivity contribution in [2.45, 2.75) is 13.1 Å². The number of fused-ring (bicyclic) bond motifs is 2. The Kier molecular flexibility index (Phi) is 2.32. The third-order valence-corrected chi connectivity index (χ3v) is 3.64. The van der Waals surface area contributed by atoms with Gasteiger partial charge in [0, 0.05) is 18.3 Å². The summed E-state index contributed by atoms with van der Waals surface area (Å²) in [6.45, 7) is 1.21. The number of carbonyl (C=O) groups excluding carboxylic acids is 1. The van der Waals surface area contributed by atoms with Gasteiger partial charge in [-0.3, -0.25) is 9.78 Å². The summed E-state index contributed by atoms with van der Waals surface area (Å²) in [7, 11) is 0. The monoisotopic (exact) mass is 264 g/mol. The van der Waals surface area contributed by atoms with Crippen molar-refractivity contribution in [2.24, 2.45) is 0 Å². The van der Waals surface area contributed by atoms with Gasteiger partial charge in [-0.15, -0.1) is 0 Å². The van der Waals surface area contributed by atoms with Crippen LogP contribution in [-0.2, 0) is 13.1 Å². The normalized spacial score (nSPS) is 13.7. The number of benzene rings is 1. The lowest BCUT2D eigenvalue weighted by Crippen LogP contribution is -2.25. The van der Waals surface area contributed by atoms with E-state index in [0.29, 0.717) is 18.7 Å². The Morgan fingerprint density at radius 2 is 2.15 bits per heavy atom. The molecule has 5 nitrogen and oxygen atoms in total. The van der Waals surface area contributed by atoms with E-state index < -0.39 is 0 Å². The number of rotatable bonds is 1. The second-order valence-corrected chi connectivity index (χ2v) is 4.90. The molecule has 20 heavy (non-hydrogen) atoms. The summed E-state index contributed by atoms with van der Waals surface area (Å²) in [6.07, 6.45) is 3.40. The van der Waals surface area contributed by atoms with Crippen molar-refractivity contribution in [3.8, 4) is 0 Å². The Hall–Kier alpha value is -2.69. The summed E-state index contributed by atoms with van der Waals surface area (Å²) in [6, 6.07) is 9.46. The van der Waals surface area contributed by atoms with Crippen LogP contribution in [0, 0.1) is 0 Å². The van der Waals surface area contributed by atoms with Crippen LogP contribution >= 0.6 is 0 Å². The molecule has 0 atom stereocenters. The van der Waals surface area contributed by atoms with E-state index in [9.17, 15) is 4.79 Å². The number of aromatic amines is 1. The lowest BCUT2D eigenvalue weighted by Gasteiger charge is -2.15. The van der Waals surface area contributed by atoms with Crippen molar-refractivity contribution < 1.29 is 4.79 Å². The van der Waals surface area contributed by atoms with E-state index in [4.69, 9.17) is 0 Å². The first kappa shape index (κ1) is 11.2. The fourth-order valence-electron chi connectivity index (χ4n) is 2.59. The average Bonchev–Trinajstić information content (AvgIpc) is 3.11. The molecule has 0 saturated heterocycles. The number of carbonyl (C=O) groups is 1. The summed E-state index contributed by atoms with van der Waals surface area (Å²) in [5.41, 5.74) is 4.54. The molecule has 5 heteroatoms. The van der Waals surface area contributed by atoms with Crippen molar-refractivity contribution in [1.29, 1.82) is 0 Å². The van der Waals surface area contributed by atoms with Gasteiger partial charge in [0.1, 0.15) is 0 Å². The highest BCUT2D eigenvalue weighted by Gasteiger charge is 2.25. The second kappa shape index (κ2) is 4.16. The number of aromatic nitrogens is 3. The Morgan fingerprint density at radius 1 is 1.20 bits per heavy atom. The van der Waals surface area contributed by atoms with Gasteiger partial charge in [-0.1, -0.05) is 6.07 Å². The van der Waals surface area contributed by atoms with Crippen LogP contribution < -0.4 is 0 Å². The summed E-state index contributed by atoms with van der Waals surface area (Å²) in [5, 5.41) is 0. The molecule has 1 amide bonds. The zero-order chi connectivity index (χ0) is 13.5. The third-order valence-electron chi connectivity index (χ3n) is 3.64. The molecule has 4 rings (SSSR count). The molecule has 0 radical (unpaired) electrons. The molecule has 0 fully saturated rings. The van der Waals surface area contributed by atoms with Gasteiger partial charge in [-0.25, -0.2) is 4.98 Å². The number of hydrogen-bond donors (Lipinski definition) is 1. The molecule has 3 aromatic rings. The van der Waals surface area contributed by atoms with Crippen molar-refractivity contribution in [3.05, 3.63) is 59.7 Å². The van der Waals surface area contributed by atoms with Crippen LogP contribution in [-0.4, -0.2) is 25.8 Å². The maximum atomic E-state index is 12.5. The molecule has 2 aromatic heterocycles. The molecular weight excluding hydrogens is 252 g/mol. The van der Waals surface area contributed by atoms with Gasteiger partial charge >= 0.3 is 0 Å². The zero-order valence-corrected chi connectivity index (χ0v) is 10.7. The van der Waals surface area contributed by atoms with E-state index in [1.54, 1.807) is 12.5 Å². The smallest absolute Gasteiger partial charge is 0.254 e. The van der Waals surface area contributed by atoms with E-state index in [0.717, 1.165) is 22.3 Å². The van der Waals surface area contributed by atoms with Gasteiger partial charge in [0.15, 0.2) is 0 Å². The predicted molar refractivity (Wildman–Crippen MR) is 73.9 cm³/mol. The largest absolute Gasteiger partial charge is 0.345 e. The average molecular weight is 264 g/mol. The fourth-order valence-corrected chi connectivity index (χ4v) is 2.59. The summed E-state index contributed by atoms with van der Waals surface area (Å²) >= 11 is 0. The Morgan fingerprint density at radius 3 is 3.05 bits per heavy atom. The first-order valence-electron chi connectivity index (χ1n) is 6.46. The van der Waals surface area contributed by atoms with Crippen LogP contribution in [0.2, 0.25) is 0 Å². The standard InChI is InChI=1S/C15H12N4O/c20-15(10-3-4-12-13(6-10)18-9-17-12)19-7-11-2-1-5-16-14(11)8-19/h1-6,9H,7-8H2,(H,17,18). The number of imidazole rings is 1. The van der Waals surface area contributed by atoms with Crippen LogP contribution in [0.1, 0.15) is 21.6 Å². The number of hydrogen-bond acceptors (Lipinski definition) is 3. The van der Waals surface area contributed by atoms with E-state index >= 15 is 0 Å². The number of amides is 1. The van der Waals surface area contributed by atoms with Crippen LogP contribution in [0.25, 0.3) is 11.0 Å². The topological polar surface area (TPSA) is 61.9 Å². The minimum atomic E-state index is 0.0273. The summed E-state index contributed by atoms with van der Waals surface area (Å²) in [5.74, 6) is 0.0273. The van der Waals surface area contributed by atoms with E-state index in [2.05, 4.69) is 15.0 Å². The molecule has 1 aliphatic heterocycles. The van der Waals surface area contributed by atoms with Gasteiger partial charge in [0.2, 0.25) is 0 Å². The maximum Gasteiger partial charge on any atom is 0.254 e. The quantitative estimate of drug-likeness (QED) is 0.732. The second-order valence-electron chi connectivity index (χ2n) is 4.90. The maximum absolute atomic E-state index is 12.5. The number of pyridine rings is 1. The molecule has 1 aromatic carbocycles. The molecule has 0 spiro atoms. The van der Waals surface area contributed by atoms with Crippen LogP contribution in [0.5, 0.6) is 0 Å². The van der Waals surface area contributed by atoms with Crippen molar-refractivity contribution in [3.63, 3.8) is 0 Å². The minimum absolute atomic E-state index is 0.0273. The van der Waals surface area contributed by atoms with Gasteiger partial charge in [-0.05, 0) is 29.8 Å². The SMILES string of the molecule is O=C(c1ccc2nc[nH]c2c1)N1Cc2cccnc2C1. The van der Waals surface area contributed by atoms with Crippen LogP contribution in [0.15, 0.2) is 42.9 Å². The lowest BCUT2D eigenvalue weighted by molar-refractivity contribution is 0.0750. The third kappa shape index (κ3) is 1.67. The Labute approximate surface area is 115 Å². The number of nitrogens with zero attached hydrogens (tertiary/aromatic N) is 3. The molecule has 3 heterocycles. The molecule has 1 N–H and O–H groups in total. The molecule has 98 valence electrons. The van der Waals surface area contributed by atoms with E-state index in [1.165, 1.54) is 0 Å². The Bertz CT molecular complexity index is 783. The van der Waals surface area contributed by atoms with Crippen LogP contribution in [0.3, 0.4) is 0 Å². The van der Waals surface area contributed by atoms with Gasteiger partial charge in [0.25, 0.3) is 5.91 Å². The Balaban J connectivity index is 1.65.